The minimum Gasteiger partial charge on any atom is -0.409 e. The summed E-state index contributed by atoms with van der Waals surface area (Å²) in [6.45, 7) is 2.04. The second kappa shape index (κ2) is 5.50. The zero-order valence-electron chi connectivity index (χ0n) is 12.8. The van der Waals surface area contributed by atoms with E-state index in [1.807, 2.05) is 6.92 Å². The van der Waals surface area contributed by atoms with Gasteiger partial charge in [-0.25, -0.2) is 0 Å². The maximum Gasteiger partial charge on any atom is 0.226 e. The van der Waals surface area contributed by atoms with E-state index in [4.69, 9.17) is 10.9 Å². The van der Waals surface area contributed by atoms with Crippen molar-refractivity contribution < 1.29 is 10.0 Å². The summed E-state index contributed by atoms with van der Waals surface area (Å²) in [5.41, 5.74) is 5.56. The summed E-state index contributed by atoms with van der Waals surface area (Å²) in [5, 5.41) is 15.0. The van der Waals surface area contributed by atoms with Crippen LogP contribution in [-0.4, -0.2) is 23.0 Å². The molecule has 1 amide bonds. The minimum absolute atomic E-state index is 0.120. The highest BCUT2D eigenvalue weighted by atomic mass is 16.4. The lowest BCUT2D eigenvalue weighted by Crippen LogP contribution is -2.57. The number of nitrogens with zero attached hydrogens (tertiary/aromatic N) is 1. The quantitative estimate of drug-likeness (QED) is 0.314. The topological polar surface area (TPSA) is 87.7 Å². The fourth-order valence-electron chi connectivity index (χ4n) is 5.35. The Morgan fingerprint density at radius 3 is 2.24 bits per heavy atom. The lowest BCUT2D eigenvalue weighted by atomic mass is 9.49. The highest BCUT2D eigenvalue weighted by molar-refractivity contribution is 5.92. The largest absolute Gasteiger partial charge is 0.409 e. The van der Waals surface area contributed by atoms with Crippen molar-refractivity contribution in [3.63, 3.8) is 0 Å². The summed E-state index contributed by atoms with van der Waals surface area (Å²) in [6, 6.07) is -0.333. The number of carbonyl (C=O) groups is 1. The van der Waals surface area contributed by atoms with Gasteiger partial charge in [0.2, 0.25) is 5.91 Å². The number of nitrogens with one attached hydrogen (secondary N) is 1. The third-order valence-electron chi connectivity index (χ3n) is 5.88. The first-order chi connectivity index (χ1) is 10.1. The first kappa shape index (κ1) is 14.7. The Morgan fingerprint density at radius 1 is 1.29 bits per heavy atom. The maximum absolute atomic E-state index is 12.9. The van der Waals surface area contributed by atoms with Gasteiger partial charge < -0.3 is 16.3 Å². The molecule has 0 aliphatic heterocycles. The Bertz CT molecular complexity index is 412. The fraction of sp³-hybridized carbons (Fsp3) is 0.875. The standard InChI is InChI=1S/C16H27N3O2/c1-2-3-13(14(17)19-21)18-15(20)16-7-10-4-11(8-16)6-12(5-10)9-16/h10-13,21H,2-9H2,1H3,(H2,17,19)(H,18,20). The van der Waals surface area contributed by atoms with Crippen LogP contribution < -0.4 is 11.1 Å². The number of nitrogens with two attached hydrogens (primary N) is 1. The molecule has 0 radical (unpaired) electrons. The fourth-order valence-corrected chi connectivity index (χ4v) is 5.35. The molecule has 4 aliphatic rings. The van der Waals surface area contributed by atoms with Crippen LogP contribution in [0.4, 0.5) is 0 Å². The molecule has 4 N–H and O–H groups in total. The molecular formula is C16H27N3O2. The molecule has 1 unspecified atom stereocenters. The highest BCUT2D eigenvalue weighted by Gasteiger charge is 2.54. The summed E-state index contributed by atoms with van der Waals surface area (Å²) < 4.78 is 0. The van der Waals surface area contributed by atoms with Gasteiger partial charge in [0, 0.05) is 5.41 Å². The van der Waals surface area contributed by atoms with Gasteiger partial charge in [-0.1, -0.05) is 18.5 Å². The molecule has 4 saturated carbocycles. The number of hydrogen-bond acceptors (Lipinski definition) is 3. The molecule has 5 heteroatoms. The molecule has 4 rings (SSSR count). The van der Waals surface area contributed by atoms with Crippen molar-refractivity contribution in [3.8, 4) is 0 Å². The van der Waals surface area contributed by atoms with Crippen molar-refractivity contribution in [1.82, 2.24) is 5.32 Å². The summed E-state index contributed by atoms with van der Waals surface area (Å²) >= 11 is 0. The Hall–Kier alpha value is -1.26. The van der Waals surface area contributed by atoms with E-state index in [1.54, 1.807) is 0 Å². The molecule has 118 valence electrons. The Kier molecular flexibility index (Phi) is 3.84. The van der Waals surface area contributed by atoms with Crippen LogP contribution in [0.15, 0.2) is 5.16 Å². The number of oxime groups is 1. The van der Waals surface area contributed by atoms with Crippen LogP contribution in [0.1, 0.15) is 58.3 Å². The van der Waals surface area contributed by atoms with Gasteiger partial charge in [-0.3, -0.25) is 4.79 Å². The van der Waals surface area contributed by atoms with E-state index in [0.29, 0.717) is 6.42 Å². The smallest absolute Gasteiger partial charge is 0.226 e. The highest BCUT2D eigenvalue weighted by Crippen LogP contribution is 2.60. The van der Waals surface area contributed by atoms with Crippen molar-refractivity contribution in [2.24, 2.45) is 34.1 Å². The predicted molar refractivity (Wildman–Crippen MR) is 80.9 cm³/mol. The van der Waals surface area contributed by atoms with Gasteiger partial charge in [-0.15, -0.1) is 0 Å². The van der Waals surface area contributed by atoms with Crippen molar-refractivity contribution in [1.29, 1.82) is 0 Å². The van der Waals surface area contributed by atoms with E-state index in [-0.39, 0.29) is 23.2 Å². The SMILES string of the molecule is CCCC(NC(=O)C12CC3CC(CC(C3)C1)C2)/C(N)=N/O. The van der Waals surface area contributed by atoms with Crippen LogP contribution in [-0.2, 0) is 4.79 Å². The molecule has 0 heterocycles. The number of hydrogen-bond donors (Lipinski definition) is 3. The molecule has 0 aromatic rings. The Labute approximate surface area is 126 Å². The first-order valence-corrected chi connectivity index (χ1v) is 8.34. The van der Waals surface area contributed by atoms with Gasteiger partial charge in [0.25, 0.3) is 0 Å². The lowest BCUT2D eigenvalue weighted by molar-refractivity contribution is -0.146. The van der Waals surface area contributed by atoms with E-state index in [2.05, 4.69) is 10.5 Å². The van der Waals surface area contributed by atoms with Crippen molar-refractivity contribution in [3.05, 3.63) is 0 Å². The molecule has 0 aromatic heterocycles. The third kappa shape index (κ3) is 2.62. The molecule has 1 atom stereocenters. The molecule has 21 heavy (non-hydrogen) atoms. The lowest BCUT2D eigenvalue weighted by Gasteiger charge is -2.55. The molecule has 4 bridgehead atoms. The van der Waals surface area contributed by atoms with Gasteiger partial charge in [-0.2, -0.15) is 0 Å². The molecule has 0 saturated heterocycles. The number of amidine groups is 1. The summed E-state index contributed by atoms with van der Waals surface area (Å²) in [6.07, 6.45) is 8.71. The maximum atomic E-state index is 12.9. The zero-order chi connectivity index (χ0) is 15.0. The van der Waals surface area contributed by atoms with Crippen LogP contribution >= 0.6 is 0 Å². The van der Waals surface area contributed by atoms with Crippen LogP contribution in [0.5, 0.6) is 0 Å². The molecule has 5 nitrogen and oxygen atoms in total. The monoisotopic (exact) mass is 293 g/mol. The van der Waals surface area contributed by atoms with Crippen molar-refractivity contribution in [2.75, 3.05) is 0 Å². The normalized spacial score (nSPS) is 39.3. The number of amides is 1. The van der Waals surface area contributed by atoms with Crippen LogP contribution in [0.2, 0.25) is 0 Å². The molecule has 0 spiro atoms. The van der Waals surface area contributed by atoms with Crippen LogP contribution in [0, 0.1) is 23.2 Å². The number of carbonyl (C=O) groups excluding carboxylic acids is 1. The van der Waals surface area contributed by atoms with E-state index in [0.717, 1.165) is 43.4 Å². The predicted octanol–water partition coefficient (Wildman–Crippen LogP) is 2.23. The molecular weight excluding hydrogens is 266 g/mol. The average Bonchev–Trinajstić information content (AvgIpc) is 2.44. The minimum atomic E-state index is -0.333. The van der Waals surface area contributed by atoms with Crippen LogP contribution in [0.3, 0.4) is 0 Å². The van der Waals surface area contributed by atoms with Gasteiger partial charge >= 0.3 is 0 Å². The summed E-state index contributed by atoms with van der Waals surface area (Å²) in [7, 11) is 0. The van der Waals surface area contributed by atoms with Gasteiger partial charge in [0.1, 0.15) is 0 Å². The summed E-state index contributed by atoms with van der Waals surface area (Å²) in [5.74, 6) is 2.50. The van der Waals surface area contributed by atoms with Gasteiger partial charge in [-0.05, 0) is 62.7 Å². The Balaban J connectivity index is 1.72. The van der Waals surface area contributed by atoms with Crippen molar-refractivity contribution >= 4 is 11.7 Å². The second-order valence-corrected chi connectivity index (χ2v) is 7.54. The Morgan fingerprint density at radius 2 is 1.81 bits per heavy atom. The third-order valence-corrected chi connectivity index (χ3v) is 5.88. The number of rotatable bonds is 5. The molecule has 4 aliphatic carbocycles. The molecule has 4 fully saturated rings. The summed E-state index contributed by atoms with van der Waals surface area (Å²) in [4.78, 5) is 12.9. The first-order valence-electron chi connectivity index (χ1n) is 8.34. The van der Waals surface area contributed by atoms with Crippen LogP contribution in [0.25, 0.3) is 0 Å². The van der Waals surface area contributed by atoms with Gasteiger partial charge in [0.15, 0.2) is 5.84 Å². The van der Waals surface area contributed by atoms with E-state index >= 15 is 0 Å². The second-order valence-electron chi connectivity index (χ2n) is 7.54. The zero-order valence-corrected chi connectivity index (χ0v) is 12.8. The van der Waals surface area contributed by atoms with E-state index in [9.17, 15) is 4.79 Å². The van der Waals surface area contributed by atoms with E-state index in [1.165, 1.54) is 19.3 Å². The molecule has 0 aromatic carbocycles. The van der Waals surface area contributed by atoms with E-state index < -0.39 is 0 Å². The average molecular weight is 293 g/mol. The van der Waals surface area contributed by atoms with Gasteiger partial charge in [0.05, 0.1) is 6.04 Å². The van der Waals surface area contributed by atoms with Crippen molar-refractivity contribution in [2.45, 2.75) is 64.3 Å².